The Bertz CT molecular complexity index is 594. The zero-order valence-corrected chi connectivity index (χ0v) is 11.9. The van der Waals surface area contributed by atoms with Gasteiger partial charge in [-0.2, -0.15) is 0 Å². The van der Waals surface area contributed by atoms with Crippen molar-refractivity contribution in [3.05, 3.63) is 23.8 Å². The molecule has 0 saturated heterocycles. The van der Waals surface area contributed by atoms with Crippen LogP contribution in [0.5, 0.6) is 0 Å². The highest BCUT2D eigenvalue weighted by Gasteiger charge is 2.27. The molecule has 0 fully saturated rings. The minimum Gasteiger partial charge on any atom is -0.399 e. The van der Waals surface area contributed by atoms with E-state index in [1.807, 2.05) is 0 Å². The number of nitrogens with two attached hydrogens (primary N) is 1. The van der Waals surface area contributed by atoms with Crippen LogP contribution in [-0.2, 0) is 14.6 Å². The van der Waals surface area contributed by atoms with E-state index in [0.717, 1.165) is 0 Å². The molecular weight excluding hydrogens is 290 g/mol. The molecule has 5 nitrogen and oxygen atoms in total. The molecule has 0 bridgehead atoms. The maximum absolute atomic E-state index is 13.6. The van der Waals surface area contributed by atoms with E-state index < -0.39 is 38.0 Å². The monoisotopic (exact) mass is 306 g/mol. The van der Waals surface area contributed by atoms with Crippen LogP contribution < -0.4 is 11.1 Å². The summed E-state index contributed by atoms with van der Waals surface area (Å²) < 4.78 is 50.9. The molecule has 112 valence electrons. The number of carbonyl (C=O) groups excluding carboxylic acids is 1. The highest BCUT2D eigenvalue weighted by molar-refractivity contribution is 7.92. The lowest BCUT2D eigenvalue weighted by Crippen LogP contribution is -2.36. The van der Waals surface area contributed by atoms with Gasteiger partial charge in [0.15, 0.2) is 9.84 Å². The van der Waals surface area contributed by atoms with Gasteiger partial charge in [0.2, 0.25) is 5.91 Å². The molecular formula is C12H16F2N2O3S. The molecule has 1 unspecified atom stereocenters. The average molecular weight is 306 g/mol. The fraction of sp³-hybridized carbons (Fsp3) is 0.417. The highest BCUT2D eigenvalue weighted by atomic mass is 32.2. The van der Waals surface area contributed by atoms with Gasteiger partial charge in [-0.3, -0.25) is 4.79 Å². The van der Waals surface area contributed by atoms with Gasteiger partial charge in [-0.25, -0.2) is 17.2 Å². The Kier molecular flexibility index (Phi) is 5.04. The molecule has 1 amide bonds. The Hall–Kier alpha value is -1.70. The van der Waals surface area contributed by atoms with Gasteiger partial charge >= 0.3 is 0 Å². The number of hydrogen-bond acceptors (Lipinski definition) is 4. The third-order valence-corrected chi connectivity index (χ3v) is 4.33. The maximum atomic E-state index is 13.6. The SMILES string of the molecule is CCC(C)NC(=O)CS(=O)(=O)c1c(F)cc(N)cc1F. The van der Waals surface area contributed by atoms with Gasteiger partial charge in [0.1, 0.15) is 22.3 Å². The lowest BCUT2D eigenvalue weighted by atomic mass is 10.3. The van der Waals surface area contributed by atoms with Gasteiger partial charge in [0.25, 0.3) is 0 Å². The Morgan fingerprint density at radius 3 is 2.30 bits per heavy atom. The Morgan fingerprint density at radius 2 is 1.85 bits per heavy atom. The van der Waals surface area contributed by atoms with E-state index in [0.29, 0.717) is 18.6 Å². The van der Waals surface area contributed by atoms with Crippen LogP contribution in [0.25, 0.3) is 0 Å². The van der Waals surface area contributed by atoms with Crippen molar-refractivity contribution in [2.75, 3.05) is 11.5 Å². The molecule has 0 saturated carbocycles. The summed E-state index contributed by atoms with van der Waals surface area (Å²) >= 11 is 0. The van der Waals surface area contributed by atoms with E-state index in [2.05, 4.69) is 5.32 Å². The van der Waals surface area contributed by atoms with Crippen LogP contribution >= 0.6 is 0 Å². The summed E-state index contributed by atoms with van der Waals surface area (Å²) in [5.74, 6) is -4.44. The summed E-state index contributed by atoms with van der Waals surface area (Å²) in [4.78, 5) is 10.4. The minimum absolute atomic E-state index is 0.223. The van der Waals surface area contributed by atoms with Gasteiger partial charge in [-0.05, 0) is 25.5 Å². The number of amides is 1. The molecule has 1 atom stereocenters. The van der Waals surface area contributed by atoms with Crippen LogP contribution in [0.4, 0.5) is 14.5 Å². The number of halogens is 2. The smallest absolute Gasteiger partial charge is 0.235 e. The number of rotatable bonds is 5. The lowest BCUT2D eigenvalue weighted by Gasteiger charge is -2.12. The third-order valence-electron chi connectivity index (χ3n) is 2.67. The van der Waals surface area contributed by atoms with E-state index in [1.165, 1.54) is 0 Å². The molecule has 8 heteroatoms. The van der Waals surface area contributed by atoms with Crippen molar-refractivity contribution < 1.29 is 22.0 Å². The number of nitrogens with one attached hydrogen (secondary N) is 1. The quantitative estimate of drug-likeness (QED) is 0.801. The molecule has 0 aliphatic carbocycles. The largest absolute Gasteiger partial charge is 0.399 e. The molecule has 1 aromatic carbocycles. The van der Waals surface area contributed by atoms with Gasteiger partial charge in [0, 0.05) is 11.7 Å². The first-order valence-corrected chi connectivity index (χ1v) is 7.59. The summed E-state index contributed by atoms with van der Waals surface area (Å²) in [5.41, 5.74) is 4.97. The van der Waals surface area contributed by atoms with Crippen molar-refractivity contribution in [1.82, 2.24) is 5.32 Å². The molecule has 0 heterocycles. The molecule has 1 rings (SSSR count). The summed E-state index contributed by atoms with van der Waals surface area (Å²) in [6.45, 7) is 3.49. The molecule has 0 radical (unpaired) electrons. The summed E-state index contributed by atoms with van der Waals surface area (Å²) in [7, 11) is -4.41. The summed E-state index contributed by atoms with van der Waals surface area (Å²) in [5, 5.41) is 2.42. The second-order valence-electron chi connectivity index (χ2n) is 4.45. The normalized spacial score (nSPS) is 13.0. The van der Waals surface area contributed by atoms with E-state index >= 15 is 0 Å². The highest BCUT2D eigenvalue weighted by Crippen LogP contribution is 2.22. The fourth-order valence-electron chi connectivity index (χ4n) is 1.54. The number of carbonyl (C=O) groups is 1. The van der Waals surface area contributed by atoms with Crippen LogP contribution in [0.1, 0.15) is 20.3 Å². The van der Waals surface area contributed by atoms with Crippen LogP contribution in [0.3, 0.4) is 0 Å². The van der Waals surface area contributed by atoms with Crippen molar-refractivity contribution in [2.45, 2.75) is 31.2 Å². The Labute approximate surface area is 116 Å². The summed E-state index contributed by atoms with van der Waals surface area (Å²) in [6, 6.07) is 1.17. The third kappa shape index (κ3) is 3.89. The molecule has 0 aliphatic rings. The first-order valence-electron chi connectivity index (χ1n) is 5.94. The molecule has 3 N–H and O–H groups in total. The van der Waals surface area contributed by atoms with Crippen molar-refractivity contribution in [2.24, 2.45) is 0 Å². The summed E-state index contributed by atoms with van der Waals surface area (Å²) in [6.07, 6.45) is 0.608. The van der Waals surface area contributed by atoms with Crippen LogP contribution in [0, 0.1) is 11.6 Å². The number of nitrogen functional groups attached to an aromatic ring is 1. The van der Waals surface area contributed by atoms with E-state index in [4.69, 9.17) is 5.73 Å². The zero-order chi connectivity index (χ0) is 15.5. The van der Waals surface area contributed by atoms with E-state index in [1.54, 1.807) is 13.8 Å². The molecule has 20 heavy (non-hydrogen) atoms. The number of benzene rings is 1. The number of sulfone groups is 1. The van der Waals surface area contributed by atoms with Gasteiger partial charge in [0.05, 0.1) is 0 Å². The standard InChI is InChI=1S/C12H16F2N2O3S/c1-3-7(2)16-11(17)6-20(18,19)12-9(13)4-8(15)5-10(12)14/h4-5,7H,3,6,15H2,1-2H3,(H,16,17). The number of anilines is 1. The predicted octanol–water partition coefficient (Wildman–Crippen LogP) is 1.24. The maximum Gasteiger partial charge on any atom is 0.235 e. The van der Waals surface area contributed by atoms with E-state index in [9.17, 15) is 22.0 Å². The number of hydrogen-bond donors (Lipinski definition) is 2. The molecule has 1 aromatic rings. The molecule has 0 aliphatic heterocycles. The Morgan fingerprint density at radius 1 is 1.35 bits per heavy atom. The van der Waals surface area contributed by atoms with Gasteiger partial charge in [-0.15, -0.1) is 0 Å². The van der Waals surface area contributed by atoms with E-state index in [-0.39, 0.29) is 11.7 Å². The van der Waals surface area contributed by atoms with Crippen molar-refractivity contribution in [3.8, 4) is 0 Å². The topological polar surface area (TPSA) is 89.3 Å². The second kappa shape index (κ2) is 6.17. The van der Waals surface area contributed by atoms with Gasteiger partial charge in [-0.1, -0.05) is 6.92 Å². The minimum atomic E-state index is -4.41. The van der Waals surface area contributed by atoms with Crippen LogP contribution in [0.2, 0.25) is 0 Å². The first-order chi connectivity index (χ1) is 9.17. The zero-order valence-electron chi connectivity index (χ0n) is 11.1. The predicted molar refractivity (Wildman–Crippen MR) is 70.7 cm³/mol. The average Bonchev–Trinajstić information content (AvgIpc) is 2.25. The second-order valence-corrected chi connectivity index (χ2v) is 6.38. The lowest BCUT2D eigenvalue weighted by molar-refractivity contribution is -0.119. The fourth-order valence-corrected chi connectivity index (χ4v) is 2.82. The molecule has 0 aromatic heterocycles. The first kappa shape index (κ1) is 16.4. The van der Waals surface area contributed by atoms with Crippen LogP contribution in [-0.4, -0.2) is 26.1 Å². The molecule has 0 spiro atoms. The van der Waals surface area contributed by atoms with Crippen molar-refractivity contribution in [1.29, 1.82) is 0 Å². The van der Waals surface area contributed by atoms with Crippen LogP contribution in [0.15, 0.2) is 17.0 Å². The van der Waals surface area contributed by atoms with Gasteiger partial charge < -0.3 is 11.1 Å². The Balaban J connectivity index is 3.04. The van der Waals surface area contributed by atoms with Crippen molar-refractivity contribution in [3.63, 3.8) is 0 Å². The van der Waals surface area contributed by atoms with Crippen molar-refractivity contribution >= 4 is 21.4 Å².